The van der Waals surface area contributed by atoms with Crippen molar-refractivity contribution in [3.05, 3.63) is 0 Å². The topological polar surface area (TPSA) is 73.8 Å². The molecule has 128 valence electrons. The van der Waals surface area contributed by atoms with Crippen LogP contribution < -0.4 is 10.6 Å². The van der Waals surface area contributed by atoms with Crippen LogP contribution in [0, 0.1) is 0 Å². The summed E-state index contributed by atoms with van der Waals surface area (Å²) in [5.74, 6) is 0. The van der Waals surface area contributed by atoms with E-state index in [9.17, 15) is 9.90 Å². The number of β-amino-alcohol motifs (C(OH)–C–C–N with tert-alkyl or cyclic N) is 1. The summed E-state index contributed by atoms with van der Waals surface area (Å²) in [5.41, 5.74) is -1.00. The molecular formula is C16H31N3O3. The normalized spacial score (nSPS) is 24.0. The minimum Gasteiger partial charge on any atom is -0.444 e. The summed E-state index contributed by atoms with van der Waals surface area (Å²) in [7, 11) is 0. The highest BCUT2D eigenvalue weighted by molar-refractivity contribution is 5.68. The summed E-state index contributed by atoms with van der Waals surface area (Å²) in [6.07, 6.45) is 3.13. The second kappa shape index (κ2) is 7.15. The number of carbonyl (C=O) groups excluding carboxylic acids is 1. The average molecular weight is 313 g/mol. The van der Waals surface area contributed by atoms with Gasteiger partial charge in [0, 0.05) is 25.7 Å². The second-order valence-corrected chi connectivity index (χ2v) is 7.67. The van der Waals surface area contributed by atoms with Crippen LogP contribution in [0.4, 0.5) is 4.79 Å². The van der Waals surface area contributed by atoms with E-state index in [1.807, 2.05) is 20.8 Å². The first-order valence-electron chi connectivity index (χ1n) is 8.41. The van der Waals surface area contributed by atoms with E-state index in [0.717, 1.165) is 58.4 Å². The van der Waals surface area contributed by atoms with Crippen molar-refractivity contribution >= 4 is 6.09 Å². The fourth-order valence-corrected chi connectivity index (χ4v) is 3.18. The van der Waals surface area contributed by atoms with Crippen molar-refractivity contribution in [2.75, 3.05) is 32.7 Å². The highest BCUT2D eigenvalue weighted by Gasteiger charge is 2.33. The molecule has 0 saturated carbocycles. The van der Waals surface area contributed by atoms with Crippen molar-refractivity contribution in [1.29, 1.82) is 0 Å². The number of aliphatic hydroxyl groups is 1. The highest BCUT2D eigenvalue weighted by atomic mass is 16.6. The lowest BCUT2D eigenvalue weighted by Crippen LogP contribution is -2.53. The summed E-state index contributed by atoms with van der Waals surface area (Å²) < 4.78 is 5.29. The molecule has 2 heterocycles. The Morgan fingerprint density at radius 2 is 1.91 bits per heavy atom. The molecule has 0 aromatic heterocycles. The number of likely N-dealkylation sites (tertiary alicyclic amines) is 1. The molecule has 2 fully saturated rings. The molecule has 0 aliphatic carbocycles. The first kappa shape index (κ1) is 17.5. The maximum atomic E-state index is 11.8. The molecule has 0 unspecified atom stereocenters. The molecule has 0 bridgehead atoms. The van der Waals surface area contributed by atoms with E-state index >= 15 is 0 Å². The lowest BCUT2D eigenvalue weighted by atomic mass is 9.91. The summed E-state index contributed by atoms with van der Waals surface area (Å²) in [5, 5.41) is 16.8. The third-order valence-electron chi connectivity index (χ3n) is 4.36. The molecule has 2 rings (SSSR count). The van der Waals surface area contributed by atoms with Crippen molar-refractivity contribution in [2.45, 2.75) is 63.7 Å². The number of amides is 1. The van der Waals surface area contributed by atoms with Crippen molar-refractivity contribution in [3.8, 4) is 0 Å². The van der Waals surface area contributed by atoms with Gasteiger partial charge in [0.15, 0.2) is 0 Å². The predicted molar refractivity (Wildman–Crippen MR) is 85.9 cm³/mol. The minimum absolute atomic E-state index is 0.175. The van der Waals surface area contributed by atoms with Crippen molar-refractivity contribution in [1.82, 2.24) is 15.5 Å². The Kier molecular flexibility index (Phi) is 5.69. The number of piperidine rings is 2. The zero-order valence-electron chi connectivity index (χ0n) is 14.2. The molecule has 2 saturated heterocycles. The number of hydrogen-bond donors (Lipinski definition) is 3. The van der Waals surface area contributed by atoms with Gasteiger partial charge in [0.25, 0.3) is 0 Å². The van der Waals surface area contributed by atoms with Crippen LogP contribution in [-0.2, 0) is 4.74 Å². The summed E-state index contributed by atoms with van der Waals surface area (Å²) in [4.78, 5) is 14.1. The molecule has 2 aliphatic rings. The lowest BCUT2D eigenvalue weighted by Gasteiger charge is -2.40. The Labute approximate surface area is 133 Å². The first-order valence-corrected chi connectivity index (χ1v) is 8.41. The number of carbonyl (C=O) groups is 1. The lowest BCUT2D eigenvalue weighted by molar-refractivity contribution is -0.0266. The van der Waals surface area contributed by atoms with Crippen LogP contribution in [0.3, 0.4) is 0 Å². The van der Waals surface area contributed by atoms with E-state index in [2.05, 4.69) is 15.5 Å². The Morgan fingerprint density at radius 3 is 2.45 bits per heavy atom. The largest absolute Gasteiger partial charge is 0.444 e. The molecular weight excluding hydrogens is 282 g/mol. The van der Waals surface area contributed by atoms with Gasteiger partial charge in [-0.3, -0.25) is 0 Å². The number of nitrogens with zero attached hydrogens (tertiary/aromatic N) is 1. The quantitative estimate of drug-likeness (QED) is 0.727. The van der Waals surface area contributed by atoms with Crippen molar-refractivity contribution in [3.63, 3.8) is 0 Å². The minimum atomic E-state index is -0.545. The van der Waals surface area contributed by atoms with Crippen LogP contribution >= 0.6 is 0 Å². The van der Waals surface area contributed by atoms with Gasteiger partial charge in [-0.2, -0.15) is 0 Å². The van der Waals surface area contributed by atoms with E-state index < -0.39 is 11.2 Å². The number of ether oxygens (including phenoxy) is 1. The molecule has 0 aromatic rings. The standard InChI is InChI=1S/C16H31N3O3/c1-15(2,3)22-14(20)18-13-4-10-19(11-5-13)12-16(21)6-8-17-9-7-16/h13,17,21H,4-12H2,1-3H3,(H,18,20). The molecule has 3 N–H and O–H groups in total. The molecule has 22 heavy (non-hydrogen) atoms. The van der Waals surface area contributed by atoms with Gasteiger partial charge in [0.1, 0.15) is 5.60 Å². The van der Waals surface area contributed by atoms with Crippen molar-refractivity contribution in [2.24, 2.45) is 0 Å². The fraction of sp³-hybridized carbons (Fsp3) is 0.938. The Balaban J connectivity index is 1.70. The van der Waals surface area contributed by atoms with Gasteiger partial charge in [0.2, 0.25) is 0 Å². The monoisotopic (exact) mass is 313 g/mol. The molecule has 0 radical (unpaired) electrons. The SMILES string of the molecule is CC(C)(C)OC(=O)NC1CCN(CC2(O)CCNCC2)CC1. The Hall–Kier alpha value is -0.850. The van der Waals surface area contributed by atoms with E-state index in [-0.39, 0.29) is 12.1 Å². The summed E-state index contributed by atoms with van der Waals surface area (Å²) in [6, 6.07) is 0.175. The van der Waals surface area contributed by atoms with Crippen LogP contribution in [0.15, 0.2) is 0 Å². The van der Waals surface area contributed by atoms with Crippen LogP contribution in [0.1, 0.15) is 46.5 Å². The number of rotatable bonds is 3. The Bertz CT molecular complexity index is 367. The van der Waals surface area contributed by atoms with Crippen LogP contribution in [-0.4, -0.2) is 66.1 Å². The van der Waals surface area contributed by atoms with Crippen LogP contribution in [0.5, 0.6) is 0 Å². The van der Waals surface area contributed by atoms with Gasteiger partial charge in [-0.15, -0.1) is 0 Å². The number of nitrogens with one attached hydrogen (secondary N) is 2. The summed E-state index contributed by atoms with van der Waals surface area (Å²) >= 11 is 0. The molecule has 1 amide bonds. The zero-order chi connectivity index (χ0) is 16.2. The van der Waals surface area contributed by atoms with Gasteiger partial charge in [-0.05, 0) is 59.5 Å². The van der Waals surface area contributed by atoms with Gasteiger partial charge in [0.05, 0.1) is 5.60 Å². The highest BCUT2D eigenvalue weighted by Crippen LogP contribution is 2.22. The zero-order valence-corrected chi connectivity index (χ0v) is 14.2. The third-order valence-corrected chi connectivity index (χ3v) is 4.36. The summed E-state index contributed by atoms with van der Waals surface area (Å²) in [6.45, 7) is 9.97. The molecule has 0 spiro atoms. The smallest absolute Gasteiger partial charge is 0.407 e. The maximum Gasteiger partial charge on any atom is 0.407 e. The number of alkyl carbamates (subject to hydrolysis) is 1. The molecule has 2 aliphatic heterocycles. The molecule has 0 atom stereocenters. The van der Waals surface area contributed by atoms with E-state index in [1.54, 1.807) is 0 Å². The third kappa shape index (κ3) is 5.74. The average Bonchev–Trinajstić information content (AvgIpc) is 2.39. The van der Waals surface area contributed by atoms with Crippen LogP contribution in [0.25, 0.3) is 0 Å². The van der Waals surface area contributed by atoms with Gasteiger partial charge in [-0.1, -0.05) is 0 Å². The van der Waals surface area contributed by atoms with E-state index in [4.69, 9.17) is 4.74 Å². The van der Waals surface area contributed by atoms with E-state index in [0.29, 0.717) is 0 Å². The predicted octanol–water partition coefficient (Wildman–Crippen LogP) is 1.09. The molecule has 6 nitrogen and oxygen atoms in total. The fourth-order valence-electron chi connectivity index (χ4n) is 3.18. The second-order valence-electron chi connectivity index (χ2n) is 7.67. The van der Waals surface area contributed by atoms with Gasteiger partial charge >= 0.3 is 6.09 Å². The first-order chi connectivity index (χ1) is 10.3. The van der Waals surface area contributed by atoms with Crippen molar-refractivity contribution < 1.29 is 14.6 Å². The van der Waals surface area contributed by atoms with Gasteiger partial charge < -0.3 is 25.4 Å². The Morgan fingerprint density at radius 1 is 1.32 bits per heavy atom. The van der Waals surface area contributed by atoms with Gasteiger partial charge in [-0.25, -0.2) is 4.79 Å². The number of hydrogen-bond acceptors (Lipinski definition) is 5. The molecule has 6 heteroatoms. The molecule has 0 aromatic carbocycles. The maximum absolute atomic E-state index is 11.8. The van der Waals surface area contributed by atoms with E-state index in [1.165, 1.54) is 0 Å². The van der Waals surface area contributed by atoms with Crippen LogP contribution in [0.2, 0.25) is 0 Å².